The maximum atomic E-state index is 12.4. The second-order valence-electron chi connectivity index (χ2n) is 4.82. The minimum atomic E-state index is -4.67. The molecule has 9 heteroatoms. The summed E-state index contributed by atoms with van der Waals surface area (Å²) in [5, 5.41) is -0.606. The topological polar surface area (TPSA) is 74.6 Å². The maximum Gasteiger partial charge on any atom is 0.394 e. The van der Waals surface area contributed by atoms with Crippen LogP contribution >= 0.6 is 0 Å². The van der Waals surface area contributed by atoms with Crippen LogP contribution in [0.15, 0.2) is 0 Å². The molecular formula is C7H17F3O4SSi. The Morgan fingerprint density at radius 3 is 1.19 bits per heavy atom. The van der Waals surface area contributed by atoms with Crippen molar-refractivity contribution in [3.63, 3.8) is 0 Å². The molecule has 0 aliphatic carbocycles. The van der Waals surface area contributed by atoms with Crippen molar-refractivity contribution in [1.82, 2.24) is 0 Å². The molecule has 0 heterocycles. The summed E-state index contributed by atoms with van der Waals surface area (Å²) in [6.45, 7) is 7.71. The summed E-state index contributed by atoms with van der Waals surface area (Å²) in [4.78, 5) is 0. The first kappa shape index (κ1) is 18.2. The second-order valence-corrected chi connectivity index (χ2v) is 11.0. The molecule has 0 fully saturated rings. The Bertz CT molecular complexity index is 292. The smallest absolute Gasteiger partial charge is 0.264 e. The molecule has 0 aliphatic heterocycles. The molecule has 0 atom stereocenters. The lowest BCUT2D eigenvalue weighted by Gasteiger charge is -2.37. The van der Waals surface area contributed by atoms with E-state index >= 15 is 0 Å². The third kappa shape index (κ3) is 7.20. The van der Waals surface area contributed by atoms with Crippen LogP contribution < -0.4 is 0 Å². The van der Waals surface area contributed by atoms with Crippen molar-refractivity contribution in [3.05, 3.63) is 0 Å². The lowest BCUT2D eigenvalue weighted by Crippen LogP contribution is -2.51. The van der Waals surface area contributed by atoms with Crippen LogP contribution in [0.4, 0.5) is 13.2 Å². The van der Waals surface area contributed by atoms with Crippen LogP contribution in [0, 0.1) is 0 Å². The summed E-state index contributed by atoms with van der Waals surface area (Å²) in [7, 11) is -7.77. The Hall–Kier alpha value is -0.123. The van der Waals surface area contributed by atoms with Crippen LogP contribution in [0.2, 0.25) is 18.1 Å². The van der Waals surface area contributed by atoms with Crippen molar-refractivity contribution < 1.29 is 30.7 Å². The van der Waals surface area contributed by atoms with Crippen LogP contribution in [-0.2, 0) is 10.4 Å². The van der Waals surface area contributed by atoms with Gasteiger partial charge in [-0.3, -0.25) is 9.11 Å². The zero-order valence-corrected chi connectivity index (χ0v) is 11.6. The zero-order valence-electron chi connectivity index (χ0n) is 9.75. The van der Waals surface area contributed by atoms with Crippen LogP contribution in [0.3, 0.4) is 0 Å². The van der Waals surface area contributed by atoms with Gasteiger partial charge in [0.1, 0.15) is 0 Å². The predicted octanol–water partition coefficient (Wildman–Crippen LogP) is 2.94. The summed E-state index contributed by atoms with van der Waals surface area (Å²) in [5.41, 5.74) is 0. The average Bonchev–Trinajstić information content (AvgIpc) is 1.76. The van der Waals surface area contributed by atoms with E-state index in [9.17, 15) is 13.2 Å². The van der Waals surface area contributed by atoms with Crippen molar-refractivity contribution in [1.29, 1.82) is 0 Å². The summed E-state index contributed by atoms with van der Waals surface area (Å²) in [6.07, 6.45) is 0. The first-order valence-electron chi connectivity index (χ1n) is 4.27. The van der Waals surface area contributed by atoms with Crippen LogP contribution in [-0.4, -0.2) is 31.4 Å². The second kappa shape index (κ2) is 5.03. The van der Waals surface area contributed by atoms with E-state index in [1.165, 1.54) is 13.1 Å². The Morgan fingerprint density at radius 2 is 1.19 bits per heavy atom. The highest BCUT2D eigenvalue weighted by Gasteiger charge is 2.56. The molecule has 0 bridgehead atoms. The molecule has 0 aliphatic rings. The van der Waals surface area contributed by atoms with E-state index in [1.807, 2.05) is 0 Å². The van der Waals surface area contributed by atoms with E-state index in [-0.39, 0.29) is 0 Å². The molecule has 0 aromatic heterocycles. The van der Waals surface area contributed by atoms with E-state index in [2.05, 4.69) is 0 Å². The Kier molecular flexibility index (Phi) is 5.73. The van der Waals surface area contributed by atoms with Crippen LogP contribution in [0.5, 0.6) is 0 Å². The fourth-order valence-corrected chi connectivity index (χ4v) is 1.28. The lowest BCUT2D eigenvalue weighted by molar-refractivity contribution is -0.0590. The van der Waals surface area contributed by atoms with Crippen LogP contribution in [0.1, 0.15) is 20.8 Å². The van der Waals surface area contributed by atoms with Gasteiger partial charge in [0.2, 0.25) is 0 Å². The molecule has 0 saturated carbocycles. The van der Waals surface area contributed by atoms with Gasteiger partial charge in [-0.1, -0.05) is 33.9 Å². The van der Waals surface area contributed by atoms with E-state index in [4.69, 9.17) is 17.5 Å². The lowest BCUT2D eigenvalue weighted by atomic mass is 10.2. The van der Waals surface area contributed by atoms with E-state index in [0.29, 0.717) is 0 Å². The fraction of sp³-hybridized carbons (Fsp3) is 1.00. The van der Waals surface area contributed by atoms with E-state index in [1.54, 1.807) is 20.8 Å². The number of hydrogen-bond acceptors (Lipinski definition) is 2. The summed E-state index contributed by atoms with van der Waals surface area (Å²) < 4.78 is 68.8. The molecular weight excluding hydrogens is 265 g/mol. The van der Waals surface area contributed by atoms with Crippen molar-refractivity contribution in [2.45, 2.75) is 44.7 Å². The monoisotopic (exact) mass is 282 g/mol. The Morgan fingerprint density at radius 1 is 1.00 bits per heavy atom. The fourth-order valence-electron chi connectivity index (χ4n) is 0.425. The van der Waals surface area contributed by atoms with E-state index < -0.39 is 29.3 Å². The highest BCUT2D eigenvalue weighted by Crippen LogP contribution is 2.45. The standard InChI is InChI=1S/C7H15F3Si.H2O4S/c1-6(2,3)11(4,5)7(8,9)10;1-5(2,3)4/h1-5H3;(H2,1,2,3,4). The van der Waals surface area contributed by atoms with Crippen molar-refractivity contribution in [3.8, 4) is 0 Å². The molecule has 100 valence electrons. The van der Waals surface area contributed by atoms with Crippen molar-refractivity contribution in [2.24, 2.45) is 0 Å². The predicted molar refractivity (Wildman–Crippen MR) is 57.4 cm³/mol. The van der Waals surface area contributed by atoms with Gasteiger partial charge in [0, 0.05) is 0 Å². The van der Waals surface area contributed by atoms with Gasteiger partial charge >= 0.3 is 16.2 Å². The maximum absolute atomic E-state index is 12.4. The molecule has 0 saturated heterocycles. The first-order chi connectivity index (χ1) is 6.50. The number of alkyl halides is 3. The number of halogens is 3. The third-order valence-corrected chi connectivity index (χ3v) is 7.75. The molecule has 0 aromatic carbocycles. The molecule has 16 heavy (non-hydrogen) atoms. The number of hydrogen-bond donors (Lipinski definition) is 2. The summed E-state index contributed by atoms with van der Waals surface area (Å²) in [5.74, 6) is -3.98. The van der Waals surface area contributed by atoms with Gasteiger partial charge in [-0.05, 0) is 5.04 Å². The largest absolute Gasteiger partial charge is 0.394 e. The van der Waals surface area contributed by atoms with Gasteiger partial charge in [-0.15, -0.1) is 0 Å². The van der Waals surface area contributed by atoms with Crippen molar-refractivity contribution in [2.75, 3.05) is 0 Å². The van der Waals surface area contributed by atoms with E-state index in [0.717, 1.165) is 0 Å². The Balaban J connectivity index is 0. The van der Waals surface area contributed by atoms with Gasteiger partial charge < -0.3 is 0 Å². The SMILES string of the molecule is CC(C)(C)[Si](C)(C)C(F)(F)F.O=S(=O)(O)O. The normalized spacial score (nSPS) is 14.1. The van der Waals surface area contributed by atoms with Gasteiger partial charge in [0.05, 0.1) is 0 Å². The van der Waals surface area contributed by atoms with Crippen molar-refractivity contribution >= 4 is 18.5 Å². The minimum Gasteiger partial charge on any atom is -0.264 e. The average molecular weight is 282 g/mol. The van der Waals surface area contributed by atoms with Gasteiger partial charge in [0.15, 0.2) is 8.07 Å². The molecule has 2 N–H and O–H groups in total. The Labute approximate surface area is 94.4 Å². The van der Waals surface area contributed by atoms with Gasteiger partial charge in [-0.2, -0.15) is 21.6 Å². The highest BCUT2D eigenvalue weighted by molar-refractivity contribution is 7.79. The van der Waals surface area contributed by atoms with Gasteiger partial charge in [-0.25, -0.2) is 0 Å². The van der Waals surface area contributed by atoms with Crippen LogP contribution in [0.25, 0.3) is 0 Å². The molecule has 0 aromatic rings. The number of rotatable bonds is 0. The molecule has 0 spiro atoms. The first-order valence-corrected chi connectivity index (χ1v) is 8.66. The quantitative estimate of drug-likeness (QED) is 0.529. The molecule has 0 unspecified atom stereocenters. The molecule has 4 nitrogen and oxygen atoms in total. The van der Waals surface area contributed by atoms with Gasteiger partial charge in [0.25, 0.3) is 0 Å². The summed E-state index contributed by atoms with van der Waals surface area (Å²) >= 11 is 0. The molecule has 0 radical (unpaired) electrons. The zero-order chi connectivity index (χ0) is 14.0. The highest BCUT2D eigenvalue weighted by atomic mass is 32.3. The molecule has 0 rings (SSSR count). The minimum absolute atomic E-state index is 0.606. The third-order valence-electron chi connectivity index (χ3n) is 2.58. The summed E-state index contributed by atoms with van der Waals surface area (Å²) in [6, 6.07) is 0. The molecule has 0 amide bonds.